The van der Waals surface area contributed by atoms with Gasteiger partial charge >= 0.3 is 0 Å². The molecule has 0 bridgehead atoms. The number of benzene rings is 2. The van der Waals surface area contributed by atoms with Crippen molar-refractivity contribution in [2.45, 2.75) is 57.8 Å². The maximum Gasteiger partial charge on any atom is 0.270 e. The highest BCUT2D eigenvalue weighted by molar-refractivity contribution is 7.92. The molecule has 1 aliphatic rings. The maximum absolute atomic E-state index is 13.1. The van der Waals surface area contributed by atoms with Crippen molar-refractivity contribution in [3.63, 3.8) is 0 Å². The fraction of sp³-hybridized carbons (Fsp3) is 0.458. The monoisotopic (exact) mass is 488 g/mol. The molecule has 34 heavy (non-hydrogen) atoms. The highest BCUT2D eigenvalue weighted by Crippen LogP contribution is 2.39. The average Bonchev–Trinajstić information content (AvgIpc) is 2.83. The Morgan fingerprint density at radius 3 is 2.35 bits per heavy atom. The van der Waals surface area contributed by atoms with E-state index in [0.29, 0.717) is 17.4 Å². The molecule has 2 aromatic carbocycles. The molecule has 184 valence electrons. The number of anilines is 2. The van der Waals surface area contributed by atoms with Gasteiger partial charge in [-0.3, -0.25) is 20.3 Å². The SMILES string of the molecule is CCC(C)(C)C1CCC(=NNc2ccc([N+](=O)[O-])cc2S(=O)(=O)Nc2ccc(OC)cc2)CC1. The first-order chi connectivity index (χ1) is 16.1. The topological polar surface area (TPSA) is 123 Å². The lowest BCUT2D eigenvalue weighted by Crippen LogP contribution is -2.28. The number of hydrogen-bond acceptors (Lipinski definition) is 7. The molecular weight excluding hydrogens is 456 g/mol. The lowest BCUT2D eigenvalue weighted by atomic mass is 9.69. The van der Waals surface area contributed by atoms with Crippen molar-refractivity contribution in [3.8, 4) is 5.75 Å². The molecule has 0 spiro atoms. The van der Waals surface area contributed by atoms with Crippen LogP contribution in [0.3, 0.4) is 0 Å². The van der Waals surface area contributed by atoms with Crippen LogP contribution in [0, 0.1) is 21.4 Å². The Morgan fingerprint density at radius 2 is 1.79 bits per heavy atom. The summed E-state index contributed by atoms with van der Waals surface area (Å²) in [4.78, 5) is 10.4. The number of nitrogens with one attached hydrogen (secondary N) is 2. The summed E-state index contributed by atoms with van der Waals surface area (Å²) in [5.74, 6) is 1.20. The number of nitrogens with zero attached hydrogens (tertiary/aromatic N) is 2. The predicted molar refractivity (Wildman–Crippen MR) is 134 cm³/mol. The van der Waals surface area contributed by atoms with Crippen molar-refractivity contribution >= 4 is 32.8 Å². The molecular formula is C24H32N4O5S. The molecule has 0 saturated heterocycles. The molecule has 0 radical (unpaired) electrons. The van der Waals surface area contributed by atoms with Crippen LogP contribution in [0.1, 0.15) is 52.9 Å². The normalized spacial score (nSPS) is 16.6. The van der Waals surface area contributed by atoms with E-state index in [9.17, 15) is 18.5 Å². The molecule has 1 saturated carbocycles. The van der Waals surface area contributed by atoms with Crippen LogP contribution < -0.4 is 14.9 Å². The van der Waals surface area contributed by atoms with Crippen molar-refractivity contribution in [2.75, 3.05) is 17.3 Å². The number of hydrogen-bond donors (Lipinski definition) is 2. The summed E-state index contributed by atoms with van der Waals surface area (Å²) >= 11 is 0. The van der Waals surface area contributed by atoms with Crippen molar-refractivity contribution in [3.05, 3.63) is 52.6 Å². The van der Waals surface area contributed by atoms with Gasteiger partial charge in [-0.25, -0.2) is 8.42 Å². The van der Waals surface area contributed by atoms with Crippen LogP contribution in [-0.4, -0.2) is 26.2 Å². The van der Waals surface area contributed by atoms with E-state index in [0.717, 1.165) is 43.9 Å². The Morgan fingerprint density at radius 1 is 1.15 bits per heavy atom. The van der Waals surface area contributed by atoms with E-state index in [-0.39, 0.29) is 21.7 Å². The highest BCUT2D eigenvalue weighted by Gasteiger charge is 2.30. The molecule has 1 aliphatic carbocycles. The van der Waals surface area contributed by atoms with Crippen molar-refractivity contribution in [1.82, 2.24) is 0 Å². The van der Waals surface area contributed by atoms with Gasteiger partial charge in [0.1, 0.15) is 10.6 Å². The molecule has 2 aromatic rings. The smallest absolute Gasteiger partial charge is 0.270 e. The lowest BCUT2D eigenvalue weighted by molar-refractivity contribution is -0.385. The summed E-state index contributed by atoms with van der Waals surface area (Å²) in [6.45, 7) is 6.80. The standard InChI is InChI=1S/C24H32N4O5S/c1-5-24(2,3)17-6-8-18(9-7-17)25-26-22-15-12-20(28(29)30)16-23(22)34(31,32)27-19-10-13-21(33-4)14-11-19/h10-17,26-27H,5-9H2,1-4H3. The second-order valence-corrected chi connectivity index (χ2v) is 10.8. The van der Waals surface area contributed by atoms with Crippen LogP contribution in [0.25, 0.3) is 0 Å². The molecule has 0 aliphatic heterocycles. The van der Waals surface area contributed by atoms with Crippen molar-refractivity contribution in [2.24, 2.45) is 16.4 Å². The number of nitro groups is 1. The number of nitro benzene ring substituents is 1. The molecule has 0 heterocycles. The molecule has 0 aromatic heterocycles. The zero-order valence-corrected chi connectivity index (χ0v) is 20.8. The van der Waals surface area contributed by atoms with E-state index in [2.05, 4.69) is 36.0 Å². The van der Waals surface area contributed by atoms with Gasteiger partial charge < -0.3 is 4.74 Å². The van der Waals surface area contributed by atoms with Crippen LogP contribution in [0.2, 0.25) is 0 Å². The van der Waals surface area contributed by atoms with Gasteiger partial charge in [0.2, 0.25) is 0 Å². The minimum absolute atomic E-state index is 0.176. The van der Waals surface area contributed by atoms with E-state index >= 15 is 0 Å². The minimum atomic E-state index is -4.13. The van der Waals surface area contributed by atoms with Gasteiger partial charge in [-0.05, 0) is 67.3 Å². The quantitative estimate of drug-likeness (QED) is 0.340. The number of hydrazone groups is 1. The van der Waals surface area contributed by atoms with E-state index in [1.807, 2.05) is 0 Å². The molecule has 0 atom stereocenters. The number of ether oxygens (including phenoxy) is 1. The van der Waals surface area contributed by atoms with Crippen molar-refractivity contribution in [1.29, 1.82) is 0 Å². The molecule has 0 amide bonds. The average molecular weight is 489 g/mol. The lowest BCUT2D eigenvalue weighted by Gasteiger charge is -2.36. The Balaban J connectivity index is 1.83. The second kappa shape index (κ2) is 10.4. The van der Waals surface area contributed by atoms with Gasteiger partial charge in [-0.15, -0.1) is 0 Å². The summed E-state index contributed by atoms with van der Waals surface area (Å²) in [6.07, 6.45) is 4.85. The largest absolute Gasteiger partial charge is 0.497 e. The predicted octanol–water partition coefficient (Wildman–Crippen LogP) is 5.80. The zero-order valence-electron chi connectivity index (χ0n) is 20.0. The summed E-state index contributed by atoms with van der Waals surface area (Å²) in [5.41, 5.74) is 4.26. The molecule has 1 fully saturated rings. The number of sulfonamides is 1. The second-order valence-electron chi connectivity index (χ2n) is 9.18. The van der Waals surface area contributed by atoms with Crippen molar-refractivity contribution < 1.29 is 18.1 Å². The Bertz CT molecular complexity index is 1150. The first kappa shape index (κ1) is 25.5. The molecule has 3 rings (SSSR count). The van der Waals surface area contributed by atoms with Gasteiger partial charge in [0.25, 0.3) is 15.7 Å². The van der Waals surface area contributed by atoms with Gasteiger partial charge in [-0.2, -0.15) is 5.10 Å². The van der Waals surface area contributed by atoms with Crippen LogP contribution in [0.4, 0.5) is 17.1 Å². The van der Waals surface area contributed by atoms with Crippen LogP contribution in [0.15, 0.2) is 52.5 Å². The Hall–Kier alpha value is -3.14. The minimum Gasteiger partial charge on any atom is -0.497 e. The first-order valence-corrected chi connectivity index (χ1v) is 12.8. The third-order valence-corrected chi connectivity index (χ3v) is 8.14. The summed E-state index contributed by atoms with van der Waals surface area (Å²) in [5, 5.41) is 15.8. The van der Waals surface area contributed by atoms with E-state index in [1.54, 1.807) is 24.3 Å². The third kappa shape index (κ3) is 6.05. The van der Waals surface area contributed by atoms with Crippen LogP contribution in [0.5, 0.6) is 5.75 Å². The fourth-order valence-corrected chi connectivity index (χ4v) is 5.32. The van der Waals surface area contributed by atoms with E-state index < -0.39 is 14.9 Å². The molecule has 2 N–H and O–H groups in total. The summed E-state index contributed by atoms with van der Waals surface area (Å²) < 4.78 is 33.8. The van der Waals surface area contributed by atoms with Gasteiger partial charge in [-0.1, -0.05) is 27.2 Å². The zero-order chi connectivity index (χ0) is 24.9. The van der Waals surface area contributed by atoms with Gasteiger partial charge in [0.05, 0.1) is 17.7 Å². The van der Waals surface area contributed by atoms with Gasteiger partial charge in [0, 0.05) is 23.5 Å². The highest BCUT2D eigenvalue weighted by atomic mass is 32.2. The fourth-order valence-electron chi connectivity index (χ4n) is 4.08. The third-order valence-electron chi connectivity index (χ3n) is 6.72. The molecule has 9 nitrogen and oxygen atoms in total. The Labute approximate surface area is 200 Å². The molecule has 10 heteroatoms. The molecule has 0 unspecified atom stereocenters. The summed E-state index contributed by atoms with van der Waals surface area (Å²) in [7, 11) is -2.62. The Kier molecular flexibility index (Phi) is 7.81. The maximum atomic E-state index is 13.1. The number of rotatable bonds is 9. The van der Waals surface area contributed by atoms with Crippen LogP contribution in [-0.2, 0) is 10.0 Å². The van der Waals surface area contributed by atoms with Crippen LogP contribution >= 0.6 is 0 Å². The number of methoxy groups -OCH3 is 1. The van der Waals surface area contributed by atoms with E-state index in [4.69, 9.17) is 4.74 Å². The summed E-state index contributed by atoms with van der Waals surface area (Å²) in [6, 6.07) is 10.0. The number of non-ortho nitro benzene ring substituents is 1. The van der Waals surface area contributed by atoms with Gasteiger partial charge in [0.15, 0.2) is 0 Å². The van der Waals surface area contributed by atoms with E-state index in [1.165, 1.54) is 19.2 Å². The first-order valence-electron chi connectivity index (χ1n) is 11.3.